The molecule has 3 nitrogen and oxygen atoms in total. The SMILES string of the molecule is O=C(O)C(Cc1ccccc1)OF. The van der Waals surface area contributed by atoms with Crippen molar-refractivity contribution in [3.05, 3.63) is 35.9 Å². The molecule has 1 rings (SSSR count). The smallest absolute Gasteiger partial charge is 0.336 e. The maximum absolute atomic E-state index is 11.7. The van der Waals surface area contributed by atoms with Crippen LogP contribution in [0.2, 0.25) is 0 Å². The van der Waals surface area contributed by atoms with Crippen molar-refractivity contribution in [1.29, 1.82) is 0 Å². The quantitative estimate of drug-likeness (QED) is 0.772. The molecule has 0 fully saturated rings. The molecule has 1 aromatic rings. The second-order valence-corrected chi connectivity index (χ2v) is 2.61. The summed E-state index contributed by atoms with van der Waals surface area (Å²) in [4.78, 5) is 13.7. The Balaban J connectivity index is 2.62. The molecule has 1 aromatic carbocycles. The summed E-state index contributed by atoms with van der Waals surface area (Å²) in [6.45, 7) is 0. The van der Waals surface area contributed by atoms with E-state index in [1.807, 2.05) is 0 Å². The average Bonchev–Trinajstić information content (AvgIpc) is 2.15. The Morgan fingerprint density at radius 1 is 1.46 bits per heavy atom. The summed E-state index contributed by atoms with van der Waals surface area (Å²) in [6, 6.07) is 8.75. The van der Waals surface area contributed by atoms with E-state index in [9.17, 15) is 9.32 Å². The van der Waals surface area contributed by atoms with E-state index >= 15 is 0 Å². The summed E-state index contributed by atoms with van der Waals surface area (Å²) >= 11 is 0. The number of carboxylic acids is 1. The lowest BCUT2D eigenvalue weighted by Gasteiger charge is -2.05. The zero-order valence-corrected chi connectivity index (χ0v) is 6.81. The van der Waals surface area contributed by atoms with Gasteiger partial charge < -0.3 is 5.11 Å². The third-order valence-electron chi connectivity index (χ3n) is 1.65. The molecule has 70 valence electrons. The molecule has 13 heavy (non-hydrogen) atoms. The van der Waals surface area contributed by atoms with Gasteiger partial charge in [0.1, 0.15) is 0 Å². The third-order valence-corrected chi connectivity index (χ3v) is 1.65. The Kier molecular flexibility index (Phi) is 3.40. The molecule has 0 spiro atoms. The highest BCUT2D eigenvalue weighted by Gasteiger charge is 2.19. The Labute approximate surface area is 74.7 Å². The molecule has 0 bridgehead atoms. The number of benzene rings is 1. The largest absolute Gasteiger partial charge is 0.479 e. The van der Waals surface area contributed by atoms with Gasteiger partial charge in [-0.1, -0.05) is 30.3 Å². The Hall–Kier alpha value is -1.42. The first kappa shape index (κ1) is 9.67. The molecule has 4 heteroatoms. The van der Waals surface area contributed by atoms with Gasteiger partial charge in [-0.25, -0.2) is 4.79 Å². The van der Waals surface area contributed by atoms with Gasteiger partial charge in [0.2, 0.25) is 0 Å². The number of halogens is 1. The number of hydrogen-bond donors (Lipinski definition) is 1. The van der Waals surface area contributed by atoms with Crippen molar-refractivity contribution in [2.24, 2.45) is 0 Å². The minimum absolute atomic E-state index is 0.0344. The van der Waals surface area contributed by atoms with Crippen molar-refractivity contribution in [2.45, 2.75) is 12.5 Å². The summed E-state index contributed by atoms with van der Waals surface area (Å²) < 4.78 is 11.7. The van der Waals surface area contributed by atoms with Crippen LogP contribution in [0.25, 0.3) is 0 Å². The lowest BCUT2D eigenvalue weighted by atomic mass is 10.1. The molecule has 0 amide bonds. The van der Waals surface area contributed by atoms with E-state index in [1.165, 1.54) is 0 Å². The topological polar surface area (TPSA) is 46.5 Å². The Morgan fingerprint density at radius 3 is 2.54 bits per heavy atom. The second-order valence-electron chi connectivity index (χ2n) is 2.61. The fraction of sp³-hybridized carbons (Fsp3) is 0.222. The third kappa shape index (κ3) is 2.83. The average molecular weight is 184 g/mol. The van der Waals surface area contributed by atoms with E-state index in [1.54, 1.807) is 30.3 Å². The lowest BCUT2D eigenvalue weighted by molar-refractivity contribution is -0.198. The van der Waals surface area contributed by atoms with Crippen LogP contribution in [-0.4, -0.2) is 17.2 Å². The molecule has 0 aliphatic rings. The fourth-order valence-corrected chi connectivity index (χ4v) is 0.985. The molecule has 0 aliphatic heterocycles. The number of carboxylic acid groups (broad SMARTS) is 1. The van der Waals surface area contributed by atoms with Crippen LogP contribution in [0.1, 0.15) is 5.56 Å². The second kappa shape index (κ2) is 4.57. The first-order chi connectivity index (χ1) is 6.24. The molecule has 0 aliphatic carbocycles. The molecule has 1 unspecified atom stereocenters. The van der Waals surface area contributed by atoms with Gasteiger partial charge in [-0.3, -0.25) is 0 Å². The van der Waals surface area contributed by atoms with Gasteiger partial charge in [0.05, 0.1) is 0 Å². The summed E-state index contributed by atoms with van der Waals surface area (Å²) in [5.41, 5.74) is 0.729. The van der Waals surface area contributed by atoms with Crippen LogP contribution >= 0.6 is 0 Å². The van der Waals surface area contributed by atoms with Crippen LogP contribution in [-0.2, 0) is 16.2 Å². The zero-order chi connectivity index (χ0) is 9.68. The highest BCUT2D eigenvalue weighted by molar-refractivity contribution is 5.72. The summed E-state index contributed by atoms with van der Waals surface area (Å²) in [7, 11) is 0. The standard InChI is InChI=1S/C9H9FO3/c10-13-8(9(11)12)6-7-4-2-1-3-5-7/h1-5,8H,6H2,(H,11,12). The minimum Gasteiger partial charge on any atom is -0.479 e. The Morgan fingerprint density at radius 2 is 2.08 bits per heavy atom. The minimum atomic E-state index is -1.41. The molecule has 0 saturated heterocycles. The number of hydrogen-bond acceptors (Lipinski definition) is 2. The monoisotopic (exact) mass is 184 g/mol. The maximum Gasteiger partial charge on any atom is 0.336 e. The summed E-state index contributed by atoms with van der Waals surface area (Å²) in [5.74, 6) is -1.30. The van der Waals surface area contributed by atoms with Crippen molar-refractivity contribution in [3.63, 3.8) is 0 Å². The molecular weight excluding hydrogens is 175 g/mol. The van der Waals surface area contributed by atoms with Crippen molar-refractivity contribution in [3.8, 4) is 0 Å². The predicted octanol–water partition coefficient (Wildman–Crippen LogP) is 1.58. The molecule has 0 heterocycles. The highest BCUT2D eigenvalue weighted by atomic mass is 19.3. The Bertz CT molecular complexity index is 273. The molecular formula is C9H9FO3. The van der Waals surface area contributed by atoms with Gasteiger partial charge in [0.15, 0.2) is 6.10 Å². The van der Waals surface area contributed by atoms with E-state index in [-0.39, 0.29) is 6.42 Å². The molecule has 1 N–H and O–H groups in total. The maximum atomic E-state index is 11.7. The van der Waals surface area contributed by atoms with E-state index in [0.29, 0.717) is 0 Å². The first-order valence-corrected chi connectivity index (χ1v) is 3.78. The van der Waals surface area contributed by atoms with Gasteiger partial charge in [-0.2, -0.15) is 4.94 Å². The molecule has 0 radical (unpaired) electrons. The van der Waals surface area contributed by atoms with Gasteiger partial charge in [0, 0.05) is 6.42 Å². The van der Waals surface area contributed by atoms with E-state index in [0.717, 1.165) is 5.56 Å². The molecule has 1 atom stereocenters. The summed E-state index contributed by atoms with van der Waals surface area (Å²) in [5, 5.41) is 8.47. The van der Waals surface area contributed by atoms with Gasteiger partial charge in [-0.15, -0.1) is 0 Å². The predicted molar refractivity (Wildman–Crippen MR) is 43.8 cm³/mol. The van der Waals surface area contributed by atoms with Crippen LogP contribution in [0.15, 0.2) is 30.3 Å². The summed E-state index contributed by atoms with van der Waals surface area (Å²) in [6.07, 6.45) is -1.38. The van der Waals surface area contributed by atoms with Crippen molar-refractivity contribution >= 4 is 5.97 Å². The van der Waals surface area contributed by atoms with E-state index in [2.05, 4.69) is 4.94 Å². The van der Waals surface area contributed by atoms with Crippen LogP contribution in [0.3, 0.4) is 0 Å². The van der Waals surface area contributed by atoms with Gasteiger partial charge >= 0.3 is 5.97 Å². The van der Waals surface area contributed by atoms with E-state index in [4.69, 9.17) is 5.11 Å². The van der Waals surface area contributed by atoms with Crippen molar-refractivity contribution < 1.29 is 19.4 Å². The van der Waals surface area contributed by atoms with Crippen LogP contribution in [0.5, 0.6) is 0 Å². The lowest BCUT2D eigenvalue weighted by Crippen LogP contribution is -2.23. The van der Waals surface area contributed by atoms with Gasteiger partial charge in [0.25, 0.3) is 0 Å². The molecule has 0 saturated carbocycles. The van der Waals surface area contributed by atoms with Crippen LogP contribution in [0, 0.1) is 0 Å². The first-order valence-electron chi connectivity index (χ1n) is 3.78. The van der Waals surface area contributed by atoms with Gasteiger partial charge in [-0.05, 0) is 10.1 Å². The van der Waals surface area contributed by atoms with Crippen LogP contribution < -0.4 is 0 Å². The highest BCUT2D eigenvalue weighted by Crippen LogP contribution is 2.06. The number of carbonyl (C=O) groups is 1. The van der Waals surface area contributed by atoms with Crippen LogP contribution in [0.4, 0.5) is 4.53 Å². The van der Waals surface area contributed by atoms with E-state index < -0.39 is 12.1 Å². The number of aliphatic carboxylic acids is 1. The van der Waals surface area contributed by atoms with Crippen molar-refractivity contribution in [1.82, 2.24) is 0 Å². The zero-order valence-electron chi connectivity index (χ0n) is 6.81. The van der Waals surface area contributed by atoms with Crippen molar-refractivity contribution in [2.75, 3.05) is 0 Å². The number of rotatable bonds is 4. The normalized spacial score (nSPS) is 12.4. The fourth-order valence-electron chi connectivity index (χ4n) is 0.985. The molecule has 0 aromatic heterocycles.